The first-order valence-electron chi connectivity index (χ1n) is 15.4. The normalized spacial score (nSPS) is 13.3. The van der Waals surface area contributed by atoms with Crippen LogP contribution in [0, 0.1) is 0 Å². The maximum atomic E-state index is 13.9. The highest BCUT2D eigenvalue weighted by molar-refractivity contribution is 7.59. The van der Waals surface area contributed by atoms with Crippen LogP contribution in [0.2, 0.25) is 0 Å². The lowest BCUT2D eigenvalue weighted by molar-refractivity contribution is -0.312. The van der Waals surface area contributed by atoms with E-state index in [1.54, 1.807) is 0 Å². The van der Waals surface area contributed by atoms with Crippen LogP contribution in [0.1, 0.15) is 22.3 Å². The van der Waals surface area contributed by atoms with E-state index in [0.29, 0.717) is 42.5 Å². The molecule has 0 spiro atoms. The van der Waals surface area contributed by atoms with Gasteiger partial charge < -0.3 is 19.0 Å². The standard InChI is InChI=1S/C34H31F12N4O4P/c1-48(2)55(49(3)4,47-54-29-17-9-13-25(21-29)33(44,45)46)50(5)34(51-26-14-6-10-22(18-26)30(35,36)37,52-27-15-7-11-23(19-27)31(38,39)40)53-28-16-8-12-24(20-28)32(41,42)43/h6-21H,1-5H3. The minimum atomic E-state index is -4.96. The summed E-state index contributed by atoms with van der Waals surface area (Å²) < 4.78 is 187. The van der Waals surface area contributed by atoms with Gasteiger partial charge in [0, 0.05) is 7.05 Å². The maximum Gasteiger partial charge on any atom is 0.501 e. The fourth-order valence-electron chi connectivity index (χ4n) is 5.01. The molecule has 0 N–H and O–H groups in total. The molecule has 8 nitrogen and oxygen atoms in total. The molecule has 0 aliphatic heterocycles. The van der Waals surface area contributed by atoms with Gasteiger partial charge in [0.1, 0.15) is 17.2 Å². The van der Waals surface area contributed by atoms with Crippen molar-refractivity contribution in [3.63, 3.8) is 0 Å². The number of benzene rings is 4. The third kappa shape index (κ3) is 10.2. The Balaban J connectivity index is 2.08. The van der Waals surface area contributed by atoms with E-state index in [4.69, 9.17) is 19.0 Å². The van der Waals surface area contributed by atoms with Crippen LogP contribution in [-0.2, 0) is 24.7 Å². The SMILES string of the molecule is CN(C)P(=NOc1cccc(C(F)(F)F)c1)(N(C)C)N(C)C(Oc1cccc(C(F)(F)F)c1)(Oc1cccc(C(F)(F)F)c1)Oc1cccc(C(F)(F)F)c1. The summed E-state index contributed by atoms with van der Waals surface area (Å²) in [7, 11) is 2.52. The Bertz CT molecular complexity index is 1840. The number of rotatable bonds is 12. The second-order valence-corrected chi connectivity index (χ2v) is 15.3. The molecule has 0 fully saturated rings. The van der Waals surface area contributed by atoms with Crippen molar-refractivity contribution in [2.75, 3.05) is 35.2 Å². The molecule has 0 saturated heterocycles. The zero-order valence-corrected chi connectivity index (χ0v) is 30.0. The summed E-state index contributed by atoms with van der Waals surface area (Å²) in [5.74, 6) is -2.60. The van der Waals surface area contributed by atoms with E-state index in [2.05, 4.69) is 4.91 Å². The third-order valence-electron chi connectivity index (χ3n) is 7.51. The van der Waals surface area contributed by atoms with Crippen molar-refractivity contribution < 1.29 is 71.7 Å². The number of nitrogens with zero attached hydrogens (tertiary/aromatic N) is 4. The summed E-state index contributed by atoms with van der Waals surface area (Å²) in [5, 5.41) is 0. The number of hydrogen-bond donors (Lipinski definition) is 0. The Morgan fingerprint density at radius 3 is 0.982 bits per heavy atom. The second kappa shape index (κ2) is 15.8. The van der Waals surface area contributed by atoms with Crippen molar-refractivity contribution in [3.8, 4) is 23.0 Å². The van der Waals surface area contributed by atoms with E-state index in [-0.39, 0.29) is 0 Å². The predicted molar refractivity (Wildman–Crippen MR) is 176 cm³/mol. The molecule has 0 amide bonds. The number of hydrogen-bond acceptors (Lipinski definition) is 5. The Labute approximate surface area is 306 Å². The topological polar surface area (TPSA) is 59.0 Å². The zero-order valence-electron chi connectivity index (χ0n) is 29.1. The Morgan fingerprint density at radius 1 is 0.436 bits per heavy atom. The predicted octanol–water partition coefficient (Wildman–Crippen LogP) is 10.9. The van der Waals surface area contributed by atoms with Gasteiger partial charge >= 0.3 is 30.8 Å². The van der Waals surface area contributed by atoms with E-state index in [1.807, 2.05) is 0 Å². The van der Waals surface area contributed by atoms with Gasteiger partial charge in [0.2, 0.25) is 7.51 Å². The summed E-state index contributed by atoms with van der Waals surface area (Å²) in [6.07, 6.45) is -22.9. The average molecular weight is 819 g/mol. The lowest BCUT2D eigenvalue weighted by Crippen LogP contribution is -2.61. The minimum Gasteiger partial charge on any atom is -0.407 e. The molecule has 0 radical (unpaired) electrons. The highest BCUT2D eigenvalue weighted by Gasteiger charge is 2.54. The van der Waals surface area contributed by atoms with Crippen LogP contribution in [0.5, 0.6) is 23.0 Å². The maximum absolute atomic E-state index is 13.9. The number of ether oxygens (including phenoxy) is 3. The van der Waals surface area contributed by atoms with Gasteiger partial charge in [0.05, 0.1) is 22.3 Å². The van der Waals surface area contributed by atoms with Crippen molar-refractivity contribution in [2.24, 2.45) is 4.91 Å². The van der Waals surface area contributed by atoms with Crippen LogP contribution in [-0.4, -0.2) is 55.3 Å². The van der Waals surface area contributed by atoms with Crippen molar-refractivity contribution >= 4 is 7.51 Å². The molecule has 4 rings (SSSR count). The van der Waals surface area contributed by atoms with Gasteiger partial charge in [-0.25, -0.2) is 9.34 Å². The highest BCUT2D eigenvalue weighted by atomic mass is 31.2. The molecule has 0 aromatic heterocycles. The monoisotopic (exact) mass is 818 g/mol. The molecule has 4 aromatic carbocycles. The number of halogens is 12. The van der Waals surface area contributed by atoms with Gasteiger partial charge in [0.15, 0.2) is 5.75 Å². The molecule has 21 heteroatoms. The Morgan fingerprint density at radius 2 is 0.709 bits per heavy atom. The van der Waals surface area contributed by atoms with Gasteiger partial charge in [-0.2, -0.15) is 52.7 Å². The smallest absolute Gasteiger partial charge is 0.407 e. The molecule has 0 aliphatic rings. The van der Waals surface area contributed by atoms with Crippen LogP contribution >= 0.6 is 7.51 Å². The molecule has 300 valence electrons. The first-order valence-corrected chi connectivity index (χ1v) is 17.0. The molecule has 0 saturated carbocycles. The second-order valence-electron chi connectivity index (χ2n) is 11.9. The minimum absolute atomic E-state index is 0.460. The molecular formula is C34H31F12N4O4P. The average Bonchev–Trinajstić information content (AvgIpc) is 3.07. The van der Waals surface area contributed by atoms with Crippen LogP contribution in [0.15, 0.2) is 102 Å². The van der Waals surface area contributed by atoms with E-state index < -0.39 is 83.6 Å². The van der Waals surface area contributed by atoms with Gasteiger partial charge in [-0.1, -0.05) is 29.2 Å². The summed E-state index contributed by atoms with van der Waals surface area (Å²) in [6.45, 7) is 0. The summed E-state index contributed by atoms with van der Waals surface area (Å²) in [4.78, 5) is 9.78. The molecule has 0 bridgehead atoms. The van der Waals surface area contributed by atoms with Gasteiger partial charge in [-0.05, 0) is 101 Å². The van der Waals surface area contributed by atoms with E-state index in [0.717, 1.165) is 66.3 Å². The zero-order chi connectivity index (χ0) is 41.2. The van der Waals surface area contributed by atoms with Crippen LogP contribution in [0.4, 0.5) is 52.7 Å². The van der Waals surface area contributed by atoms with Gasteiger partial charge in [0.25, 0.3) is 0 Å². The van der Waals surface area contributed by atoms with Crippen molar-refractivity contribution in [1.29, 1.82) is 0 Å². The van der Waals surface area contributed by atoms with Crippen LogP contribution in [0.25, 0.3) is 0 Å². The van der Waals surface area contributed by atoms with Crippen molar-refractivity contribution in [3.05, 3.63) is 119 Å². The quantitative estimate of drug-likeness (QED) is 0.0611. The molecule has 4 aromatic rings. The lowest BCUT2D eigenvalue weighted by Gasteiger charge is -2.48. The highest BCUT2D eigenvalue weighted by Crippen LogP contribution is 2.59. The Hall–Kier alpha value is -4.65. The Kier molecular flexibility index (Phi) is 12.4. The summed E-state index contributed by atoms with van der Waals surface area (Å²) >= 11 is 0. The van der Waals surface area contributed by atoms with Gasteiger partial charge in [-0.15, -0.1) is 4.67 Å². The van der Waals surface area contributed by atoms with Crippen LogP contribution in [0.3, 0.4) is 0 Å². The third-order valence-corrected chi connectivity index (χ3v) is 11.0. The van der Waals surface area contributed by atoms with E-state index >= 15 is 0 Å². The number of alkyl halides is 12. The largest absolute Gasteiger partial charge is 0.501 e. The first kappa shape index (κ1) is 43.1. The molecule has 55 heavy (non-hydrogen) atoms. The lowest BCUT2D eigenvalue weighted by atomic mass is 10.2. The fourth-order valence-corrected chi connectivity index (χ4v) is 7.85. The molecular weight excluding hydrogens is 787 g/mol. The summed E-state index contributed by atoms with van der Waals surface area (Å²) in [6, 6.07) is 12.5. The van der Waals surface area contributed by atoms with Crippen molar-refractivity contribution in [2.45, 2.75) is 30.8 Å². The van der Waals surface area contributed by atoms with Crippen molar-refractivity contribution in [1.82, 2.24) is 14.0 Å². The molecule has 0 atom stereocenters. The van der Waals surface area contributed by atoms with Gasteiger partial charge in [-0.3, -0.25) is 0 Å². The molecule has 0 heterocycles. The molecule has 0 aliphatic carbocycles. The fraction of sp³-hybridized carbons (Fsp3) is 0.294. The summed E-state index contributed by atoms with van der Waals surface area (Å²) in [5.41, 5.74) is -4.97. The van der Waals surface area contributed by atoms with E-state index in [9.17, 15) is 52.7 Å². The van der Waals surface area contributed by atoms with Crippen LogP contribution < -0.4 is 19.0 Å². The van der Waals surface area contributed by atoms with E-state index in [1.165, 1.54) is 37.5 Å². The molecule has 0 unspecified atom stereocenters. The first-order chi connectivity index (χ1) is 25.3.